The summed E-state index contributed by atoms with van der Waals surface area (Å²) in [6.07, 6.45) is 0.652. The Hall–Kier alpha value is -0.900. The largest absolute Gasteiger partial charge is 0.393 e. The molecule has 14 heavy (non-hydrogen) atoms. The van der Waals surface area contributed by atoms with E-state index in [0.29, 0.717) is 17.5 Å². The van der Waals surface area contributed by atoms with Crippen LogP contribution < -0.4 is 5.73 Å². The maximum atomic E-state index is 5.54. The van der Waals surface area contributed by atoms with Gasteiger partial charge in [0.15, 0.2) is 0 Å². The minimum atomic E-state index is 0.383. The molecule has 0 aliphatic heterocycles. The summed E-state index contributed by atoms with van der Waals surface area (Å²) in [5.41, 5.74) is 8.92. The first-order valence-corrected chi connectivity index (χ1v) is 5.17. The first-order valence-electron chi connectivity index (χ1n) is 4.76. The molecule has 0 amide bonds. The standard InChI is InChI=1S/C10H17N3S/c1-6(2)13-8(4)9(5-10(11)14)7(3)12-13/h6H,5H2,1-4H3,(H2,11,14). The topological polar surface area (TPSA) is 43.8 Å². The molecular weight excluding hydrogens is 194 g/mol. The van der Waals surface area contributed by atoms with Crippen molar-refractivity contribution in [3.8, 4) is 0 Å². The fraction of sp³-hybridized carbons (Fsp3) is 0.600. The van der Waals surface area contributed by atoms with E-state index in [1.54, 1.807) is 0 Å². The van der Waals surface area contributed by atoms with Crippen LogP contribution in [-0.2, 0) is 6.42 Å². The van der Waals surface area contributed by atoms with Gasteiger partial charge in [-0.2, -0.15) is 5.10 Å². The third-order valence-corrected chi connectivity index (χ3v) is 2.46. The van der Waals surface area contributed by atoms with Crippen molar-refractivity contribution in [3.05, 3.63) is 17.0 Å². The third-order valence-electron chi connectivity index (χ3n) is 2.32. The van der Waals surface area contributed by atoms with Crippen LogP contribution in [0.4, 0.5) is 0 Å². The van der Waals surface area contributed by atoms with Crippen molar-refractivity contribution in [2.45, 2.75) is 40.2 Å². The minimum absolute atomic E-state index is 0.383. The Morgan fingerprint density at radius 3 is 2.43 bits per heavy atom. The van der Waals surface area contributed by atoms with Crippen molar-refractivity contribution < 1.29 is 0 Å². The second-order valence-electron chi connectivity index (χ2n) is 3.83. The Bertz CT molecular complexity index is 352. The second-order valence-corrected chi connectivity index (χ2v) is 4.36. The number of aryl methyl sites for hydroxylation is 1. The molecule has 78 valence electrons. The van der Waals surface area contributed by atoms with Crippen molar-refractivity contribution in [1.29, 1.82) is 0 Å². The van der Waals surface area contributed by atoms with Gasteiger partial charge in [-0.3, -0.25) is 4.68 Å². The molecule has 0 saturated carbocycles. The highest BCUT2D eigenvalue weighted by molar-refractivity contribution is 7.80. The summed E-state index contributed by atoms with van der Waals surface area (Å²) in [7, 11) is 0. The Balaban J connectivity index is 3.11. The van der Waals surface area contributed by atoms with E-state index in [4.69, 9.17) is 18.0 Å². The number of rotatable bonds is 3. The first kappa shape index (κ1) is 11.2. The van der Waals surface area contributed by atoms with Crippen LogP contribution >= 0.6 is 12.2 Å². The SMILES string of the molecule is Cc1nn(C(C)C)c(C)c1CC(N)=S. The summed E-state index contributed by atoms with van der Waals surface area (Å²) >= 11 is 4.91. The van der Waals surface area contributed by atoms with Gasteiger partial charge in [-0.05, 0) is 27.7 Å². The van der Waals surface area contributed by atoms with Gasteiger partial charge in [0.2, 0.25) is 0 Å². The van der Waals surface area contributed by atoms with E-state index in [0.717, 1.165) is 5.69 Å². The fourth-order valence-electron chi connectivity index (χ4n) is 1.63. The van der Waals surface area contributed by atoms with Crippen LogP contribution in [0.2, 0.25) is 0 Å². The van der Waals surface area contributed by atoms with Gasteiger partial charge in [0, 0.05) is 23.7 Å². The predicted molar refractivity (Wildman–Crippen MR) is 62.6 cm³/mol. The van der Waals surface area contributed by atoms with Gasteiger partial charge >= 0.3 is 0 Å². The zero-order chi connectivity index (χ0) is 10.9. The molecule has 0 spiro atoms. The van der Waals surface area contributed by atoms with Crippen molar-refractivity contribution in [2.24, 2.45) is 5.73 Å². The predicted octanol–water partition coefficient (Wildman–Crippen LogP) is 1.91. The third kappa shape index (κ3) is 2.12. The van der Waals surface area contributed by atoms with Crippen molar-refractivity contribution >= 4 is 17.2 Å². The number of thiocarbonyl (C=S) groups is 1. The highest BCUT2D eigenvalue weighted by Crippen LogP contribution is 2.17. The Labute approximate surface area is 90.3 Å². The summed E-state index contributed by atoms with van der Waals surface area (Å²) in [6, 6.07) is 0.383. The highest BCUT2D eigenvalue weighted by atomic mass is 32.1. The molecule has 1 aromatic heterocycles. The maximum Gasteiger partial charge on any atom is 0.0773 e. The maximum absolute atomic E-state index is 5.54. The van der Waals surface area contributed by atoms with E-state index in [2.05, 4.69) is 25.9 Å². The molecule has 0 aliphatic rings. The molecule has 0 atom stereocenters. The molecule has 0 radical (unpaired) electrons. The normalized spacial score (nSPS) is 10.9. The molecule has 1 heterocycles. The molecule has 0 aliphatic carbocycles. The van der Waals surface area contributed by atoms with Crippen molar-refractivity contribution in [1.82, 2.24) is 9.78 Å². The molecule has 4 heteroatoms. The molecule has 1 rings (SSSR count). The number of nitrogens with two attached hydrogens (primary N) is 1. The smallest absolute Gasteiger partial charge is 0.0773 e. The highest BCUT2D eigenvalue weighted by Gasteiger charge is 2.13. The van der Waals surface area contributed by atoms with Gasteiger partial charge in [0.1, 0.15) is 0 Å². The minimum Gasteiger partial charge on any atom is -0.393 e. The van der Waals surface area contributed by atoms with Crippen LogP contribution in [0.5, 0.6) is 0 Å². The molecular formula is C10H17N3S. The molecule has 0 aromatic carbocycles. The molecule has 0 bridgehead atoms. The quantitative estimate of drug-likeness (QED) is 0.777. The summed E-state index contributed by atoms with van der Waals surface area (Å²) < 4.78 is 2.02. The van der Waals surface area contributed by atoms with Crippen LogP contribution in [0.25, 0.3) is 0 Å². The van der Waals surface area contributed by atoms with E-state index in [1.807, 2.05) is 11.6 Å². The number of aromatic nitrogens is 2. The molecule has 3 nitrogen and oxygen atoms in total. The van der Waals surface area contributed by atoms with Gasteiger partial charge in [-0.25, -0.2) is 0 Å². The van der Waals surface area contributed by atoms with Crippen LogP contribution in [-0.4, -0.2) is 14.8 Å². The van der Waals surface area contributed by atoms with Gasteiger partial charge in [0.05, 0.1) is 10.7 Å². The Kier molecular flexibility index (Phi) is 3.26. The molecule has 0 saturated heterocycles. The summed E-state index contributed by atoms with van der Waals surface area (Å²) in [6.45, 7) is 8.29. The van der Waals surface area contributed by atoms with Gasteiger partial charge < -0.3 is 5.73 Å². The van der Waals surface area contributed by atoms with E-state index in [1.165, 1.54) is 11.3 Å². The average Bonchev–Trinajstić information content (AvgIpc) is 2.31. The summed E-state index contributed by atoms with van der Waals surface area (Å²) in [5.74, 6) is 0. The van der Waals surface area contributed by atoms with Crippen LogP contribution in [0.1, 0.15) is 36.8 Å². The van der Waals surface area contributed by atoms with E-state index >= 15 is 0 Å². The van der Waals surface area contributed by atoms with E-state index in [-0.39, 0.29) is 0 Å². The van der Waals surface area contributed by atoms with E-state index < -0.39 is 0 Å². The van der Waals surface area contributed by atoms with Crippen LogP contribution in [0, 0.1) is 13.8 Å². The second kappa shape index (κ2) is 4.09. The van der Waals surface area contributed by atoms with Crippen LogP contribution in [0.15, 0.2) is 0 Å². The zero-order valence-corrected chi connectivity index (χ0v) is 9.98. The number of hydrogen-bond acceptors (Lipinski definition) is 2. The average molecular weight is 211 g/mol. The fourth-order valence-corrected chi connectivity index (χ4v) is 1.77. The molecule has 0 fully saturated rings. The lowest BCUT2D eigenvalue weighted by atomic mass is 10.1. The van der Waals surface area contributed by atoms with Crippen LogP contribution in [0.3, 0.4) is 0 Å². The van der Waals surface area contributed by atoms with Gasteiger partial charge in [-0.15, -0.1) is 0 Å². The lowest BCUT2D eigenvalue weighted by Gasteiger charge is -2.08. The van der Waals surface area contributed by atoms with Gasteiger partial charge in [0.25, 0.3) is 0 Å². The zero-order valence-electron chi connectivity index (χ0n) is 9.16. The Morgan fingerprint density at radius 1 is 1.50 bits per heavy atom. The molecule has 2 N–H and O–H groups in total. The van der Waals surface area contributed by atoms with E-state index in [9.17, 15) is 0 Å². The summed E-state index contributed by atoms with van der Waals surface area (Å²) in [4.78, 5) is 0.527. The lowest BCUT2D eigenvalue weighted by molar-refractivity contribution is 0.516. The Morgan fingerprint density at radius 2 is 2.07 bits per heavy atom. The van der Waals surface area contributed by atoms with Gasteiger partial charge in [-0.1, -0.05) is 12.2 Å². The lowest BCUT2D eigenvalue weighted by Crippen LogP contribution is -2.12. The van der Waals surface area contributed by atoms with Crippen molar-refractivity contribution in [2.75, 3.05) is 0 Å². The molecule has 1 aromatic rings. The number of hydrogen-bond donors (Lipinski definition) is 1. The first-order chi connectivity index (χ1) is 6.43. The number of nitrogens with zero attached hydrogens (tertiary/aromatic N) is 2. The molecule has 0 unspecified atom stereocenters. The van der Waals surface area contributed by atoms with Crippen molar-refractivity contribution in [3.63, 3.8) is 0 Å². The summed E-state index contributed by atoms with van der Waals surface area (Å²) in [5, 5.41) is 4.46. The monoisotopic (exact) mass is 211 g/mol.